The third kappa shape index (κ3) is 3.88. The van der Waals surface area contributed by atoms with Crippen molar-refractivity contribution < 1.29 is 42.2 Å². The zero-order valence-electron chi connectivity index (χ0n) is 22.2. The number of carbonyl (C=O) groups excluding carboxylic acids is 4. The van der Waals surface area contributed by atoms with E-state index in [-0.39, 0.29) is 42.5 Å². The summed E-state index contributed by atoms with van der Waals surface area (Å²) in [5.41, 5.74) is -0.630. The van der Waals surface area contributed by atoms with Crippen molar-refractivity contribution in [3.8, 4) is 11.5 Å². The number of rotatable bonds is 4. The molecule has 6 unspecified atom stereocenters. The van der Waals surface area contributed by atoms with Crippen molar-refractivity contribution in [2.24, 2.45) is 29.1 Å². The third-order valence-corrected chi connectivity index (χ3v) is 9.24. The number of phenols is 1. The number of ether oxygens (including phenoxy) is 1. The van der Waals surface area contributed by atoms with Crippen LogP contribution < -0.4 is 9.64 Å². The van der Waals surface area contributed by atoms with Gasteiger partial charge in [-0.1, -0.05) is 29.8 Å². The molecular weight excluding hydrogens is 541 g/mol. The first-order valence-electron chi connectivity index (χ1n) is 13.5. The monoisotopic (exact) mass is 568 g/mol. The molecule has 0 spiro atoms. The number of para-hydroxylation sites is 1. The minimum absolute atomic E-state index is 0.0196. The number of anilines is 1. The number of aromatic hydroxyl groups is 1. The number of allylic oxidation sites excluding steroid dienone is 2. The number of nitrogens with zero attached hydrogens (tertiary/aromatic N) is 2. The standard InChI is InChI=1S/C30H27F3N2O6/c1-3-34-25(37)18-11-10-17-19(23(18)27(34)39)14-21-26(38)35(15-7-5-4-6-8-15)28(40)29(21,2)24(17)20-13-16(9-12-22(20)36)41-30(31,32)33/h4-10,12-13,18-19,21,23-24,36H,3,11,14H2,1-2H3. The maximum absolute atomic E-state index is 14.3. The summed E-state index contributed by atoms with van der Waals surface area (Å²) in [4.78, 5) is 57.1. The molecule has 0 aromatic heterocycles. The molecule has 4 aliphatic rings. The number of benzene rings is 2. The van der Waals surface area contributed by atoms with E-state index in [0.717, 1.165) is 23.1 Å². The molecular formula is C30H27F3N2O6. The summed E-state index contributed by atoms with van der Waals surface area (Å²) in [6.07, 6.45) is -2.94. The molecule has 2 aliphatic carbocycles. The van der Waals surface area contributed by atoms with Gasteiger partial charge in [0, 0.05) is 18.0 Å². The van der Waals surface area contributed by atoms with Gasteiger partial charge in [0.2, 0.25) is 23.6 Å². The molecule has 6 atom stereocenters. The molecule has 2 saturated heterocycles. The topological polar surface area (TPSA) is 104 Å². The number of carbonyl (C=O) groups is 4. The van der Waals surface area contributed by atoms with Crippen LogP contribution in [-0.2, 0) is 19.2 Å². The van der Waals surface area contributed by atoms with Gasteiger partial charge in [-0.25, -0.2) is 4.90 Å². The summed E-state index contributed by atoms with van der Waals surface area (Å²) in [6.45, 7) is 3.47. The molecule has 6 rings (SSSR count). The number of phenolic OH excluding ortho intramolecular Hbond substituents is 1. The predicted octanol–water partition coefficient (Wildman–Crippen LogP) is 4.54. The van der Waals surface area contributed by atoms with E-state index in [9.17, 15) is 37.5 Å². The molecule has 8 nitrogen and oxygen atoms in total. The van der Waals surface area contributed by atoms with Gasteiger partial charge in [-0.2, -0.15) is 0 Å². The fraction of sp³-hybridized carbons (Fsp3) is 0.400. The first kappa shape index (κ1) is 27.0. The summed E-state index contributed by atoms with van der Waals surface area (Å²) in [6, 6.07) is 11.4. The van der Waals surface area contributed by atoms with Crippen LogP contribution in [0.1, 0.15) is 38.2 Å². The third-order valence-electron chi connectivity index (χ3n) is 9.24. The first-order chi connectivity index (χ1) is 19.4. The Hall–Kier alpha value is -4.15. The molecule has 3 fully saturated rings. The van der Waals surface area contributed by atoms with Gasteiger partial charge in [0.05, 0.1) is 28.9 Å². The molecule has 2 aromatic rings. The summed E-state index contributed by atoms with van der Waals surface area (Å²) >= 11 is 0. The van der Waals surface area contributed by atoms with Gasteiger partial charge < -0.3 is 9.84 Å². The lowest BCUT2D eigenvalue weighted by atomic mass is 9.51. The van der Waals surface area contributed by atoms with Crippen LogP contribution in [0.3, 0.4) is 0 Å². The number of halogens is 3. The van der Waals surface area contributed by atoms with E-state index in [1.54, 1.807) is 50.3 Å². The Labute approximate surface area is 233 Å². The lowest BCUT2D eigenvalue weighted by molar-refractivity contribution is -0.274. The fourth-order valence-corrected chi connectivity index (χ4v) is 7.52. The molecule has 0 radical (unpaired) electrons. The molecule has 214 valence electrons. The molecule has 1 saturated carbocycles. The highest BCUT2D eigenvalue weighted by Gasteiger charge is 2.67. The molecule has 2 heterocycles. The normalized spacial score (nSPS) is 31.1. The lowest BCUT2D eigenvalue weighted by Gasteiger charge is -2.49. The van der Waals surface area contributed by atoms with E-state index >= 15 is 0 Å². The zero-order chi connectivity index (χ0) is 29.4. The van der Waals surface area contributed by atoms with Crippen LogP contribution in [0, 0.1) is 29.1 Å². The van der Waals surface area contributed by atoms with Gasteiger partial charge >= 0.3 is 6.36 Å². The number of alkyl halides is 3. The van der Waals surface area contributed by atoms with Crippen molar-refractivity contribution in [1.29, 1.82) is 0 Å². The van der Waals surface area contributed by atoms with Crippen molar-refractivity contribution in [2.75, 3.05) is 11.4 Å². The average Bonchev–Trinajstić information content (AvgIpc) is 3.29. The predicted molar refractivity (Wildman–Crippen MR) is 138 cm³/mol. The van der Waals surface area contributed by atoms with E-state index in [1.165, 1.54) is 4.90 Å². The SMILES string of the molecule is CCN1C(=O)C2CC=C3C(CC4C(=O)N(c5ccccc5)C(=O)C4(C)C3c3cc(OC(F)(F)F)ccc3O)C2C1=O. The second kappa shape index (κ2) is 9.19. The van der Waals surface area contributed by atoms with Crippen molar-refractivity contribution in [3.63, 3.8) is 0 Å². The van der Waals surface area contributed by atoms with Crippen molar-refractivity contribution in [2.45, 2.75) is 39.0 Å². The van der Waals surface area contributed by atoms with E-state index in [0.29, 0.717) is 11.3 Å². The number of fused-ring (bicyclic) bond motifs is 4. The van der Waals surface area contributed by atoms with E-state index < -0.39 is 58.9 Å². The molecule has 1 N–H and O–H groups in total. The van der Waals surface area contributed by atoms with Crippen LogP contribution >= 0.6 is 0 Å². The molecule has 11 heteroatoms. The van der Waals surface area contributed by atoms with Crippen LogP contribution in [0.15, 0.2) is 60.2 Å². The molecule has 2 aliphatic heterocycles. The number of imide groups is 2. The summed E-state index contributed by atoms with van der Waals surface area (Å²) in [5, 5.41) is 11.0. The van der Waals surface area contributed by atoms with Crippen molar-refractivity contribution in [3.05, 3.63) is 65.7 Å². The molecule has 4 amide bonds. The Morgan fingerprint density at radius 3 is 2.37 bits per heavy atom. The average molecular weight is 569 g/mol. The molecule has 41 heavy (non-hydrogen) atoms. The Bertz CT molecular complexity index is 1510. The second-order valence-corrected chi connectivity index (χ2v) is 11.2. The van der Waals surface area contributed by atoms with Crippen LogP contribution in [0.5, 0.6) is 11.5 Å². The highest BCUT2D eigenvalue weighted by molar-refractivity contribution is 6.24. The number of hydrogen-bond donors (Lipinski definition) is 1. The van der Waals surface area contributed by atoms with E-state index in [2.05, 4.69) is 4.74 Å². The maximum Gasteiger partial charge on any atom is 0.573 e. The summed E-state index contributed by atoms with van der Waals surface area (Å²) in [7, 11) is 0. The van der Waals surface area contributed by atoms with Crippen molar-refractivity contribution >= 4 is 29.3 Å². The fourth-order valence-electron chi connectivity index (χ4n) is 7.52. The number of amides is 4. The van der Waals surface area contributed by atoms with Gasteiger partial charge in [-0.15, -0.1) is 13.2 Å². The van der Waals surface area contributed by atoms with Gasteiger partial charge in [-0.3, -0.25) is 24.1 Å². The Morgan fingerprint density at radius 2 is 1.71 bits per heavy atom. The van der Waals surface area contributed by atoms with Gasteiger partial charge in [-0.05, 0) is 62.9 Å². The lowest BCUT2D eigenvalue weighted by Crippen LogP contribution is -2.48. The van der Waals surface area contributed by atoms with E-state index in [1.807, 2.05) is 0 Å². The maximum atomic E-state index is 14.3. The van der Waals surface area contributed by atoms with Crippen LogP contribution in [0.2, 0.25) is 0 Å². The Morgan fingerprint density at radius 1 is 1.00 bits per heavy atom. The smallest absolute Gasteiger partial charge is 0.508 e. The molecule has 2 aromatic carbocycles. The minimum Gasteiger partial charge on any atom is -0.508 e. The highest BCUT2D eigenvalue weighted by atomic mass is 19.4. The quantitative estimate of drug-likeness (QED) is 0.429. The zero-order valence-corrected chi connectivity index (χ0v) is 22.2. The van der Waals surface area contributed by atoms with Crippen molar-refractivity contribution in [1.82, 2.24) is 4.90 Å². The van der Waals surface area contributed by atoms with Crippen LogP contribution in [-0.4, -0.2) is 46.5 Å². The van der Waals surface area contributed by atoms with Gasteiger partial charge in [0.1, 0.15) is 11.5 Å². The summed E-state index contributed by atoms with van der Waals surface area (Å²) < 4.78 is 43.6. The Kier molecular flexibility index (Phi) is 6.06. The first-order valence-corrected chi connectivity index (χ1v) is 13.5. The second-order valence-electron chi connectivity index (χ2n) is 11.2. The van der Waals surface area contributed by atoms with E-state index in [4.69, 9.17) is 0 Å². The largest absolute Gasteiger partial charge is 0.573 e. The van der Waals surface area contributed by atoms with Gasteiger partial charge in [0.25, 0.3) is 0 Å². The highest BCUT2D eigenvalue weighted by Crippen LogP contribution is 2.64. The summed E-state index contributed by atoms with van der Waals surface area (Å²) in [5.74, 6) is -6.77. The van der Waals surface area contributed by atoms with Crippen LogP contribution in [0.25, 0.3) is 0 Å². The molecule has 0 bridgehead atoms. The number of hydrogen-bond acceptors (Lipinski definition) is 6. The van der Waals surface area contributed by atoms with Gasteiger partial charge in [0.15, 0.2) is 0 Å². The minimum atomic E-state index is -5.00. The van der Waals surface area contributed by atoms with Crippen LogP contribution in [0.4, 0.5) is 18.9 Å². The Balaban J connectivity index is 1.55. The number of likely N-dealkylation sites (tertiary alicyclic amines) is 1.